The van der Waals surface area contributed by atoms with Crippen molar-refractivity contribution in [3.63, 3.8) is 0 Å². The summed E-state index contributed by atoms with van der Waals surface area (Å²) in [6.07, 6.45) is 0.327. The molecule has 0 radical (unpaired) electrons. The lowest BCUT2D eigenvalue weighted by Gasteiger charge is -2.40. The number of carbonyl (C=O) groups excluding carboxylic acids is 1. The average molecular weight is 359 g/mol. The fourth-order valence-corrected chi connectivity index (χ4v) is 3.12. The molecule has 0 bridgehead atoms. The Balaban J connectivity index is 1.51. The van der Waals surface area contributed by atoms with E-state index >= 15 is 0 Å². The number of nitrogens with zero attached hydrogens (tertiary/aromatic N) is 1. The summed E-state index contributed by atoms with van der Waals surface area (Å²) in [6.45, 7) is 1.82. The topological polar surface area (TPSA) is 53.6 Å². The van der Waals surface area contributed by atoms with Crippen LogP contribution in [0.2, 0.25) is 0 Å². The molecule has 2 aromatic carbocycles. The molecule has 7 heteroatoms. The molecule has 2 aliphatic rings. The van der Waals surface area contributed by atoms with E-state index < -0.39 is 5.92 Å². The van der Waals surface area contributed by atoms with Gasteiger partial charge in [0.25, 0.3) is 5.92 Å². The molecule has 26 heavy (non-hydrogen) atoms. The van der Waals surface area contributed by atoms with Crippen LogP contribution >= 0.6 is 0 Å². The van der Waals surface area contributed by atoms with Crippen molar-refractivity contribution in [2.75, 3.05) is 35.2 Å². The Hall–Kier alpha value is -2.83. The Morgan fingerprint density at radius 3 is 2.73 bits per heavy atom. The van der Waals surface area contributed by atoms with Crippen molar-refractivity contribution in [3.05, 3.63) is 42.0 Å². The lowest BCUT2D eigenvalue weighted by Crippen LogP contribution is -2.56. The molecular formula is C19H19F2N3O2. The molecule has 0 saturated carbocycles. The maximum absolute atomic E-state index is 13.0. The fourth-order valence-electron chi connectivity index (χ4n) is 3.12. The Labute approximate surface area is 149 Å². The van der Waals surface area contributed by atoms with E-state index in [4.69, 9.17) is 4.74 Å². The molecular weight excluding hydrogens is 340 g/mol. The zero-order chi connectivity index (χ0) is 18.3. The van der Waals surface area contributed by atoms with Gasteiger partial charge in [-0.05, 0) is 42.8 Å². The van der Waals surface area contributed by atoms with Crippen LogP contribution in [0.3, 0.4) is 0 Å². The third-order valence-corrected chi connectivity index (χ3v) is 4.54. The van der Waals surface area contributed by atoms with Gasteiger partial charge in [0.1, 0.15) is 5.75 Å². The van der Waals surface area contributed by atoms with Gasteiger partial charge >= 0.3 is 0 Å². The monoisotopic (exact) mass is 359 g/mol. The summed E-state index contributed by atoms with van der Waals surface area (Å²) in [6, 6.07) is 11.1. The number of amides is 1. The van der Waals surface area contributed by atoms with Gasteiger partial charge in [-0.15, -0.1) is 0 Å². The fraction of sp³-hybridized carbons (Fsp3) is 0.316. The van der Waals surface area contributed by atoms with Crippen LogP contribution in [0.4, 0.5) is 31.5 Å². The zero-order valence-electron chi connectivity index (χ0n) is 14.3. The highest BCUT2D eigenvalue weighted by Gasteiger charge is 2.43. The van der Waals surface area contributed by atoms with E-state index in [2.05, 4.69) is 10.6 Å². The van der Waals surface area contributed by atoms with Crippen molar-refractivity contribution >= 4 is 28.7 Å². The third kappa shape index (κ3) is 3.29. The van der Waals surface area contributed by atoms with Gasteiger partial charge in [-0.3, -0.25) is 4.79 Å². The molecule has 1 saturated heterocycles. The smallest absolute Gasteiger partial charge is 0.282 e. The molecule has 2 aromatic rings. The number of anilines is 4. The molecule has 1 amide bonds. The van der Waals surface area contributed by atoms with Gasteiger partial charge in [-0.2, -0.15) is 0 Å². The highest BCUT2D eigenvalue weighted by atomic mass is 19.3. The number of hydrogen-bond donors (Lipinski definition) is 2. The molecule has 0 atom stereocenters. The van der Waals surface area contributed by atoms with Crippen LogP contribution in [0.15, 0.2) is 36.4 Å². The summed E-state index contributed by atoms with van der Waals surface area (Å²) in [7, 11) is 0. The summed E-state index contributed by atoms with van der Waals surface area (Å²) in [5.74, 6) is -2.02. The number of rotatable bonds is 3. The van der Waals surface area contributed by atoms with Crippen molar-refractivity contribution < 1.29 is 18.3 Å². The zero-order valence-corrected chi connectivity index (χ0v) is 14.3. The molecule has 2 aliphatic heterocycles. The minimum absolute atomic E-state index is 0.0625. The van der Waals surface area contributed by atoms with E-state index in [0.29, 0.717) is 24.5 Å². The van der Waals surface area contributed by atoms with E-state index in [1.165, 1.54) is 0 Å². The quantitative estimate of drug-likeness (QED) is 0.872. The molecule has 0 spiro atoms. The van der Waals surface area contributed by atoms with Crippen molar-refractivity contribution in [2.45, 2.75) is 19.3 Å². The van der Waals surface area contributed by atoms with Gasteiger partial charge in [0.15, 0.2) is 0 Å². The van der Waals surface area contributed by atoms with E-state index in [9.17, 15) is 13.6 Å². The van der Waals surface area contributed by atoms with E-state index in [1.54, 1.807) is 11.0 Å². The van der Waals surface area contributed by atoms with E-state index in [0.717, 1.165) is 22.6 Å². The van der Waals surface area contributed by atoms with Crippen LogP contribution in [-0.4, -0.2) is 31.5 Å². The molecule has 0 aliphatic carbocycles. The van der Waals surface area contributed by atoms with Crippen molar-refractivity contribution in [3.8, 4) is 5.75 Å². The van der Waals surface area contributed by atoms with Crippen LogP contribution in [0, 0.1) is 6.92 Å². The molecule has 1 fully saturated rings. The van der Waals surface area contributed by atoms with Gasteiger partial charge in [0.05, 0.1) is 31.8 Å². The number of carbonyl (C=O) groups is 1. The van der Waals surface area contributed by atoms with Crippen LogP contribution in [0.5, 0.6) is 5.75 Å². The molecule has 2 heterocycles. The van der Waals surface area contributed by atoms with Gasteiger partial charge in [-0.25, -0.2) is 8.78 Å². The van der Waals surface area contributed by atoms with Gasteiger partial charge < -0.3 is 20.3 Å². The molecule has 4 rings (SSSR count). The average Bonchev–Trinajstić information content (AvgIpc) is 2.74. The normalized spacial score (nSPS) is 18.1. The molecule has 2 N–H and O–H groups in total. The Morgan fingerprint density at radius 1 is 1.19 bits per heavy atom. The first-order valence-corrected chi connectivity index (χ1v) is 8.47. The standard InChI is InChI=1S/C19H19F2N3O2/c1-12-8-14(24-10-19(20,21)11-24)3-5-15(12)22-13-2-4-16-17(9-13)26-7-6-18(25)23-16/h2-5,8-9,22H,6-7,10-11H2,1H3,(H,23,25). The number of ether oxygens (including phenoxy) is 1. The highest BCUT2D eigenvalue weighted by Crippen LogP contribution is 2.35. The summed E-state index contributed by atoms with van der Waals surface area (Å²) in [5.41, 5.74) is 4.13. The first kappa shape index (κ1) is 16.6. The number of halogens is 2. The summed E-state index contributed by atoms with van der Waals surface area (Å²) >= 11 is 0. The van der Waals surface area contributed by atoms with Crippen LogP contribution in [0.1, 0.15) is 12.0 Å². The number of nitrogens with one attached hydrogen (secondary N) is 2. The molecule has 136 valence electrons. The SMILES string of the molecule is Cc1cc(N2CC(F)(F)C2)ccc1Nc1ccc2c(c1)OCCC(=O)N2. The van der Waals surface area contributed by atoms with Crippen molar-refractivity contribution in [1.82, 2.24) is 0 Å². The highest BCUT2D eigenvalue weighted by molar-refractivity contribution is 5.93. The predicted octanol–water partition coefficient (Wildman–Crippen LogP) is 3.91. The molecule has 0 aromatic heterocycles. The first-order valence-electron chi connectivity index (χ1n) is 8.47. The van der Waals surface area contributed by atoms with E-state index in [1.807, 2.05) is 37.3 Å². The van der Waals surface area contributed by atoms with Gasteiger partial charge in [-0.1, -0.05) is 0 Å². The first-order chi connectivity index (χ1) is 12.4. The van der Waals surface area contributed by atoms with Crippen LogP contribution < -0.4 is 20.3 Å². The van der Waals surface area contributed by atoms with Gasteiger partial charge in [0, 0.05) is 23.1 Å². The number of benzene rings is 2. The molecule has 5 nitrogen and oxygen atoms in total. The Bertz CT molecular complexity index is 862. The lowest BCUT2D eigenvalue weighted by atomic mass is 10.1. The predicted molar refractivity (Wildman–Crippen MR) is 96.8 cm³/mol. The minimum Gasteiger partial charge on any atom is -0.491 e. The Morgan fingerprint density at radius 2 is 2.00 bits per heavy atom. The second kappa shape index (κ2) is 6.16. The lowest BCUT2D eigenvalue weighted by molar-refractivity contribution is -0.116. The number of hydrogen-bond acceptors (Lipinski definition) is 4. The van der Waals surface area contributed by atoms with E-state index in [-0.39, 0.29) is 19.0 Å². The third-order valence-electron chi connectivity index (χ3n) is 4.54. The maximum Gasteiger partial charge on any atom is 0.282 e. The summed E-state index contributed by atoms with van der Waals surface area (Å²) < 4.78 is 31.7. The largest absolute Gasteiger partial charge is 0.491 e. The number of alkyl halides is 2. The number of aryl methyl sites for hydroxylation is 1. The second-order valence-corrected chi connectivity index (χ2v) is 6.69. The second-order valence-electron chi connectivity index (χ2n) is 6.69. The van der Waals surface area contributed by atoms with Crippen LogP contribution in [0.25, 0.3) is 0 Å². The van der Waals surface area contributed by atoms with Crippen molar-refractivity contribution in [1.29, 1.82) is 0 Å². The number of fused-ring (bicyclic) bond motifs is 1. The van der Waals surface area contributed by atoms with Crippen molar-refractivity contribution in [2.24, 2.45) is 0 Å². The summed E-state index contributed by atoms with van der Waals surface area (Å²) in [5, 5.41) is 6.12. The van der Waals surface area contributed by atoms with Crippen LogP contribution in [-0.2, 0) is 4.79 Å². The van der Waals surface area contributed by atoms with Gasteiger partial charge in [0.2, 0.25) is 5.91 Å². The minimum atomic E-state index is -2.58. The maximum atomic E-state index is 13.0. The molecule has 0 unspecified atom stereocenters. The Kier molecular flexibility index (Phi) is 3.94. The summed E-state index contributed by atoms with van der Waals surface area (Å²) in [4.78, 5) is 13.2.